The average molecular weight is 326 g/mol. The maximum absolute atomic E-state index is 12.3. The number of ether oxygens (including phenoxy) is 2. The molecule has 0 bridgehead atoms. The van der Waals surface area contributed by atoms with Gasteiger partial charge in [-0.2, -0.15) is 0 Å². The van der Waals surface area contributed by atoms with E-state index < -0.39 is 9.73 Å². The van der Waals surface area contributed by atoms with Gasteiger partial charge in [0.1, 0.15) is 5.75 Å². The zero-order chi connectivity index (χ0) is 16.1. The Kier molecular flexibility index (Phi) is 5.83. The van der Waals surface area contributed by atoms with Gasteiger partial charge in [0.15, 0.2) is 0 Å². The summed E-state index contributed by atoms with van der Waals surface area (Å²) >= 11 is 0. The minimum atomic E-state index is -2.82. The zero-order valence-corrected chi connectivity index (χ0v) is 14.0. The summed E-state index contributed by atoms with van der Waals surface area (Å²) in [5, 5.41) is 0. The Hall–Kier alpha value is -1.11. The van der Waals surface area contributed by atoms with Gasteiger partial charge in [-0.1, -0.05) is 13.0 Å². The van der Waals surface area contributed by atoms with Gasteiger partial charge in [0.25, 0.3) is 0 Å². The molecule has 0 saturated carbocycles. The summed E-state index contributed by atoms with van der Waals surface area (Å²) in [6, 6.07) is 7.07. The van der Waals surface area contributed by atoms with Crippen LogP contribution in [0.25, 0.3) is 0 Å². The summed E-state index contributed by atoms with van der Waals surface area (Å²) in [5.41, 5.74) is 5.60. The number of nitrogens with two attached hydrogens (primary N) is 1. The molecule has 1 aliphatic rings. The largest absolute Gasteiger partial charge is 0.493 e. The second-order valence-electron chi connectivity index (χ2n) is 5.90. The lowest BCUT2D eigenvalue weighted by atomic mass is 9.79. The molecule has 3 N–H and O–H groups in total. The van der Waals surface area contributed by atoms with Crippen LogP contribution in [0.1, 0.15) is 26.2 Å². The van der Waals surface area contributed by atoms with E-state index in [4.69, 9.17) is 20.0 Å². The molecule has 6 heteroatoms. The number of hydrogen-bond donors (Lipinski definition) is 2. The fourth-order valence-electron chi connectivity index (χ4n) is 2.69. The lowest BCUT2D eigenvalue weighted by Crippen LogP contribution is -2.34. The van der Waals surface area contributed by atoms with Crippen LogP contribution >= 0.6 is 0 Å². The molecule has 2 rings (SSSR count). The molecule has 0 aromatic heterocycles. The summed E-state index contributed by atoms with van der Waals surface area (Å²) in [6.07, 6.45) is 3.06. The maximum atomic E-state index is 12.3. The molecule has 0 amide bonds. The van der Waals surface area contributed by atoms with Gasteiger partial charge >= 0.3 is 0 Å². The zero-order valence-electron chi connectivity index (χ0n) is 13.2. The van der Waals surface area contributed by atoms with Crippen LogP contribution in [0.4, 0.5) is 0 Å². The predicted molar refractivity (Wildman–Crippen MR) is 87.8 cm³/mol. The molecule has 5 nitrogen and oxygen atoms in total. The Morgan fingerprint density at radius 2 is 2.14 bits per heavy atom. The molecule has 22 heavy (non-hydrogen) atoms. The Bertz CT molecular complexity index is 581. The van der Waals surface area contributed by atoms with Gasteiger partial charge in [0.05, 0.1) is 21.2 Å². The van der Waals surface area contributed by atoms with Crippen LogP contribution in [0.15, 0.2) is 29.2 Å². The molecular formula is C16H26N2O3S. The summed E-state index contributed by atoms with van der Waals surface area (Å²) in [6.45, 7) is 4.63. The van der Waals surface area contributed by atoms with Crippen LogP contribution in [0, 0.1) is 10.2 Å². The van der Waals surface area contributed by atoms with Crippen molar-refractivity contribution < 1.29 is 13.7 Å². The van der Waals surface area contributed by atoms with Crippen molar-refractivity contribution in [3.05, 3.63) is 24.3 Å². The molecule has 1 atom stereocenters. The molecule has 1 heterocycles. The fraction of sp³-hybridized carbons (Fsp3) is 0.625. The average Bonchev–Trinajstić information content (AvgIpc) is 2.54. The highest BCUT2D eigenvalue weighted by molar-refractivity contribution is 7.92. The van der Waals surface area contributed by atoms with E-state index in [1.807, 2.05) is 6.07 Å². The number of rotatable bonds is 7. The van der Waals surface area contributed by atoms with Crippen molar-refractivity contribution in [2.24, 2.45) is 11.1 Å². The van der Waals surface area contributed by atoms with Crippen LogP contribution in [-0.4, -0.2) is 36.3 Å². The number of nitrogens with one attached hydrogen (secondary N) is 1. The molecule has 1 unspecified atom stereocenters. The van der Waals surface area contributed by atoms with Crippen molar-refractivity contribution in [3.8, 4) is 5.75 Å². The second kappa shape index (κ2) is 7.44. The molecule has 1 fully saturated rings. The van der Waals surface area contributed by atoms with Gasteiger partial charge in [-0.05, 0) is 37.5 Å². The van der Waals surface area contributed by atoms with Crippen molar-refractivity contribution in [2.45, 2.75) is 31.1 Å². The molecule has 124 valence electrons. The summed E-state index contributed by atoms with van der Waals surface area (Å²) in [7, 11) is -2.82. The van der Waals surface area contributed by atoms with Crippen molar-refractivity contribution in [1.82, 2.24) is 0 Å². The SMILES string of the molecule is CCC1(COc2cccc(S(=N)(=O)CCN)c2)CCOCC1. The highest BCUT2D eigenvalue weighted by Crippen LogP contribution is 2.34. The van der Waals surface area contributed by atoms with Crippen molar-refractivity contribution in [1.29, 1.82) is 4.78 Å². The minimum absolute atomic E-state index is 0.161. The van der Waals surface area contributed by atoms with Crippen LogP contribution in [0.2, 0.25) is 0 Å². The summed E-state index contributed by atoms with van der Waals surface area (Å²) in [5.74, 6) is 0.848. The fourth-order valence-corrected chi connectivity index (χ4v) is 3.87. The van der Waals surface area contributed by atoms with Crippen LogP contribution in [0.3, 0.4) is 0 Å². The van der Waals surface area contributed by atoms with Crippen molar-refractivity contribution in [3.63, 3.8) is 0 Å². The summed E-state index contributed by atoms with van der Waals surface area (Å²) in [4.78, 5) is 0.493. The highest BCUT2D eigenvalue weighted by Gasteiger charge is 2.31. The third kappa shape index (κ3) is 4.21. The van der Waals surface area contributed by atoms with E-state index >= 15 is 0 Å². The maximum Gasteiger partial charge on any atom is 0.120 e. The normalized spacial score (nSPS) is 20.3. The summed E-state index contributed by atoms with van der Waals surface area (Å²) < 4.78 is 31.6. The van der Waals surface area contributed by atoms with Gasteiger partial charge in [-0.3, -0.25) is 0 Å². The quantitative estimate of drug-likeness (QED) is 0.806. The lowest BCUT2D eigenvalue weighted by Gasteiger charge is -2.36. The van der Waals surface area contributed by atoms with Gasteiger partial charge < -0.3 is 15.2 Å². The molecule has 1 aromatic rings. The first-order valence-corrected chi connectivity index (χ1v) is 9.51. The molecule has 0 spiro atoms. The van der Waals surface area contributed by atoms with Gasteiger partial charge in [-0.25, -0.2) is 8.99 Å². The monoisotopic (exact) mass is 326 g/mol. The van der Waals surface area contributed by atoms with E-state index in [0.717, 1.165) is 32.5 Å². The van der Waals surface area contributed by atoms with E-state index in [2.05, 4.69) is 6.92 Å². The van der Waals surface area contributed by atoms with Crippen molar-refractivity contribution in [2.75, 3.05) is 32.1 Å². The molecule has 1 aliphatic heterocycles. The van der Waals surface area contributed by atoms with Gasteiger partial charge in [0, 0.05) is 30.9 Å². The first-order chi connectivity index (χ1) is 10.5. The standard InChI is InChI=1S/C16H26N2O3S/c1-2-16(6-9-20-10-7-16)13-21-14-4-3-5-15(12-14)22(18,19)11-8-17/h3-5,12,18H,2,6-11,13,17H2,1H3. The molecule has 0 radical (unpaired) electrons. The molecular weight excluding hydrogens is 300 g/mol. The van der Waals surface area contributed by atoms with Crippen LogP contribution < -0.4 is 10.5 Å². The molecule has 1 saturated heterocycles. The third-order valence-corrected chi connectivity index (χ3v) is 6.27. The number of benzene rings is 1. The minimum Gasteiger partial charge on any atom is -0.493 e. The van der Waals surface area contributed by atoms with E-state index in [0.29, 0.717) is 17.3 Å². The third-order valence-electron chi connectivity index (χ3n) is 4.44. The van der Waals surface area contributed by atoms with E-state index in [1.165, 1.54) is 0 Å². The Morgan fingerprint density at radius 1 is 1.41 bits per heavy atom. The number of hydrogen-bond acceptors (Lipinski definition) is 5. The van der Waals surface area contributed by atoms with E-state index in [9.17, 15) is 4.21 Å². The first kappa shape index (κ1) is 17.2. The van der Waals surface area contributed by atoms with Gasteiger partial charge in [0.2, 0.25) is 0 Å². The Morgan fingerprint density at radius 3 is 2.77 bits per heavy atom. The Labute approximate surface area is 133 Å². The second-order valence-corrected chi connectivity index (χ2v) is 8.13. The first-order valence-electron chi connectivity index (χ1n) is 7.78. The van der Waals surface area contributed by atoms with Crippen LogP contribution in [0.5, 0.6) is 5.75 Å². The molecule has 0 aliphatic carbocycles. The predicted octanol–water partition coefficient (Wildman–Crippen LogP) is 2.64. The highest BCUT2D eigenvalue weighted by atomic mass is 32.2. The lowest BCUT2D eigenvalue weighted by molar-refractivity contribution is -0.0121. The van der Waals surface area contributed by atoms with E-state index in [1.54, 1.807) is 18.2 Å². The van der Waals surface area contributed by atoms with Crippen molar-refractivity contribution >= 4 is 9.73 Å². The van der Waals surface area contributed by atoms with E-state index in [-0.39, 0.29) is 17.7 Å². The Balaban J connectivity index is 2.07. The van der Waals surface area contributed by atoms with Crippen LogP contribution in [-0.2, 0) is 14.5 Å². The topological polar surface area (TPSA) is 85.4 Å². The smallest absolute Gasteiger partial charge is 0.120 e. The molecule has 1 aromatic carbocycles. The van der Waals surface area contributed by atoms with Gasteiger partial charge in [-0.15, -0.1) is 0 Å².